The van der Waals surface area contributed by atoms with Crippen LogP contribution in [0.1, 0.15) is 23.9 Å². The van der Waals surface area contributed by atoms with Crippen molar-refractivity contribution in [3.05, 3.63) is 52.3 Å². The zero-order valence-electron chi connectivity index (χ0n) is 15.3. The zero-order chi connectivity index (χ0) is 19.6. The van der Waals surface area contributed by atoms with Crippen LogP contribution in [0.5, 0.6) is 0 Å². The van der Waals surface area contributed by atoms with Crippen molar-refractivity contribution in [2.24, 2.45) is 7.05 Å². The van der Waals surface area contributed by atoms with Gasteiger partial charge in [0.15, 0.2) is 5.52 Å². The molecule has 144 valence electrons. The van der Waals surface area contributed by atoms with E-state index >= 15 is 0 Å². The van der Waals surface area contributed by atoms with Gasteiger partial charge in [0.25, 0.3) is 5.56 Å². The van der Waals surface area contributed by atoms with Crippen LogP contribution in [0.4, 0.5) is 0 Å². The van der Waals surface area contributed by atoms with Gasteiger partial charge in [-0.25, -0.2) is 13.4 Å². The SMILES string of the molecule is Cc1cc(S(=O)(=O)N2CCC2c2nc3c(=O)n(C)ccc3[nH]2)c2[nH]ncc2c1. The predicted octanol–water partition coefficient (Wildman–Crippen LogP) is 1.58. The normalized spacial score (nSPS) is 18.0. The van der Waals surface area contributed by atoms with Gasteiger partial charge in [-0.15, -0.1) is 0 Å². The van der Waals surface area contributed by atoms with Gasteiger partial charge in [-0.1, -0.05) is 0 Å². The van der Waals surface area contributed by atoms with Crippen LogP contribution in [0.3, 0.4) is 0 Å². The van der Waals surface area contributed by atoms with Gasteiger partial charge in [-0.3, -0.25) is 9.89 Å². The molecule has 9 nitrogen and oxygen atoms in total. The molecular formula is C18H18N6O3S. The first-order valence-electron chi connectivity index (χ1n) is 8.87. The van der Waals surface area contributed by atoms with Crippen LogP contribution < -0.4 is 5.56 Å². The van der Waals surface area contributed by atoms with Gasteiger partial charge in [-0.05, 0) is 37.1 Å². The second-order valence-corrected chi connectivity index (χ2v) is 8.99. The van der Waals surface area contributed by atoms with Crippen LogP contribution in [0.15, 0.2) is 40.3 Å². The number of fused-ring (bicyclic) bond motifs is 2. The topological polar surface area (TPSA) is 117 Å². The highest BCUT2D eigenvalue weighted by Crippen LogP contribution is 2.38. The second kappa shape index (κ2) is 5.76. The first-order chi connectivity index (χ1) is 13.4. The van der Waals surface area contributed by atoms with Gasteiger partial charge < -0.3 is 9.55 Å². The average Bonchev–Trinajstić information content (AvgIpc) is 3.23. The van der Waals surface area contributed by atoms with E-state index in [1.807, 2.05) is 13.0 Å². The van der Waals surface area contributed by atoms with Crippen molar-refractivity contribution in [1.82, 2.24) is 29.0 Å². The molecule has 0 saturated carbocycles. The summed E-state index contributed by atoms with van der Waals surface area (Å²) in [5.41, 5.74) is 2.04. The van der Waals surface area contributed by atoms with Gasteiger partial charge in [-0.2, -0.15) is 9.40 Å². The molecule has 4 heterocycles. The number of H-pyrrole nitrogens is 2. The number of aromatic nitrogens is 5. The zero-order valence-corrected chi connectivity index (χ0v) is 16.1. The second-order valence-electron chi connectivity index (χ2n) is 7.13. The molecule has 4 aromatic rings. The van der Waals surface area contributed by atoms with Crippen molar-refractivity contribution in [3.8, 4) is 0 Å². The number of hydrogen-bond donors (Lipinski definition) is 2. The molecule has 10 heteroatoms. The maximum absolute atomic E-state index is 13.4. The van der Waals surface area contributed by atoms with E-state index in [1.165, 1.54) is 8.87 Å². The molecule has 1 saturated heterocycles. The van der Waals surface area contributed by atoms with Gasteiger partial charge in [0, 0.05) is 25.2 Å². The molecule has 2 N–H and O–H groups in total. The number of aryl methyl sites for hydroxylation is 2. The van der Waals surface area contributed by atoms with E-state index in [9.17, 15) is 13.2 Å². The Morgan fingerprint density at radius 2 is 2.11 bits per heavy atom. The summed E-state index contributed by atoms with van der Waals surface area (Å²) in [5, 5.41) is 7.52. The van der Waals surface area contributed by atoms with Crippen molar-refractivity contribution in [3.63, 3.8) is 0 Å². The van der Waals surface area contributed by atoms with E-state index in [-0.39, 0.29) is 10.5 Å². The molecule has 3 aromatic heterocycles. The first-order valence-corrected chi connectivity index (χ1v) is 10.3. The average molecular weight is 398 g/mol. The number of aromatic amines is 2. The van der Waals surface area contributed by atoms with Gasteiger partial charge in [0.1, 0.15) is 10.7 Å². The summed E-state index contributed by atoms with van der Waals surface area (Å²) in [6.07, 6.45) is 3.91. The molecule has 0 spiro atoms. The Labute approximate surface area is 160 Å². The van der Waals surface area contributed by atoms with E-state index < -0.39 is 16.1 Å². The minimum absolute atomic E-state index is 0.205. The molecule has 1 aliphatic rings. The van der Waals surface area contributed by atoms with Crippen molar-refractivity contribution in [2.45, 2.75) is 24.3 Å². The highest BCUT2D eigenvalue weighted by atomic mass is 32.2. The fraction of sp³-hybridized carbons (Fsp3) is 0.278. The minimum Gasteiger partial charge on any atom is -0.340 e. The molecule has 5 rings (SSSR count). The van der Waals surface area contributed by atoms with Gasteiger partial charge in [0.2, 0.25) is 10.0 Å². The summed E-state index contributed by atoms with van der Waals surface area (Å²) >= 11 is 0. The summed E-state index contributed by atoms with van der Waals surface area (Å²) in [7, 11) is -2.10. The number of sulfonamides is 1. The summed E-state index contributed by atoms with van der Waals surface area (Å²) in [4.78, 5) is 20.0. The minimum atomic E-state index is -3.76. The van der Waals surface area contributed by atoms with Crippen molar-refractivity contribution < 1.29 is 8.42 Å². The maximum Gasteiger partial charge on any atom is 0.278 e. The lowest BCUT2D eigenvalue weighted by molar-refractivity contribution is 0.194. The van der Waals surface area contributed by atoms with Crippen LogP contribution in [0, 0.1) is 6.92 Å². The third-order valence-corrected chi connectivity index (χ3v) is 7.20. The van der Waals surface area contributed by atoms with Crippen LogP contribution in [0.2, 0.25) is 0 Å². The van der Waals surface area contributed by atoms with Gasteiger partial charge >= 0.3 is 0 Å². The number of nitrogens with zero attached hydrogens (tertiary/aromatic N) is 4. The highest BCUT2D eigenvalue weighted by Gasteiger charge is 2.42. The summed E-state index contributed by atoms with van der Waals surface area (Å²) in [6.45, 7) is 2.25. The smallest absolute Gasteiger partial charge is 0.278 e. The highest BCUT2D eigenvalue weighted by molar-refractivity contribution is 7.89. The van der Waals surface area contributed by atoms with Crippen molar-refractivity contribution in [1.29, 1.82) is 0 Å². The number of hydrogen-bond acceptors (Lipinski definition) is 5. The Hall–Kier alpha value is -2.98. The van der Waals surface area contributed by atoms with Crippen LogP contribution >= 0.6 is 0 Å². The molecule has 0 bridgehead atoms. The van der Waals surface area contributed by atoms with Crippen LogP contribution in [0.25, 0.3) is 21.9 Å². The molecule has 1 unspecified atom stereocenters. The van der Waals surface area contributed by atoms with Crippen molar-refractivity contribution in [2.75, 3.05) is 6.54 Å². The molecule has 0 aliphatic carbocycles. The molecular weight excluding hydrogens is 380 g/mol. The number of nitrogens with one attached hydrogen (secondary N) is 2. The molecule has 1 fully saturated rings. The van der Waals surface area contributed by atoms with E-state index in [0.717, 1.165) is 10.9 Å². The number of imidazole rings is 1. The Balaban J connectivity index is 1.59. The molecule has 1 atom stereocenters. The Morgan fingerprint density at radius 3 is 2.86 bits per heavy atom. The quantitative estimate of drug-likeness (QED) is 0.543. The molecule has 0 amide bonds. The Bertz CT molecular complexity index is 1400. The lowest BCUT2D eigenvalue weighted by atomic mass is 10.1. The molecule has 0 radical (unpaired) electrons. The van der Waals surface area contributed by atoms with E-state index in [2.05, 4.69) is 20.2 Å². The fourth-order valence-corrected chi connectivity index (χ4v) is 5.59. The van der Waals surface area contributed by atoms with E-state index in [1.54, 1.807) is 31.6 Å². The standard InChI is InChI=1S/C18H18N6O3S/c1-10-7-11-9-19-22-15(11)14(8-10)28(26,27)24-6-4-13(24)17-20-12-3-5-23(2)18(25)16(12)21-17/h3,5,7-9,13H,4,6H2,1-2H3,(H,19,22)(H,20,21). The molecule has 1 aliphatic heterocycles. The third-order valence-electron chi connectivity index (χ3n) is 5.27. The first kappa shape index (κ1) is 17.1. The maximum atomic E-state index is 13.4. The van der Waals surface area contributed by atoms with Crippen molar-refractivity contribution >= 4 is 32.0 Å². The predicted molar refractivity (Wildman–Crippen MR) is 103 cm³/mol. The summed E-state index contributed by atoms with van der Waals surface area (Å²) < 4.78 is 29.6. The van der Waals surface area contributed by atoms with Crippen LogP contribution in [-0.2, 0) is 17.1 Å². The lowest BCUT2D eigenvalue weighted by Crippen LogP contribution is -2.45. The number of pyridine rings is 1. The largest absolute Gasteiger partial charge is 0.340 e. The molecule has 28 heavy (non-hydrogen) atoms. The fourth-order valence-electron chi connectivity index (χ4n) is 3.69. The Morgan fingerprint density at radius 1 is 1.29 bits per heavy atom. The lowest BCUT2D eigenvalue weighted by Gasteiger charge is -2.38. The van der Waals surface area contributed by atoms with E-state index in [0.29, 0.717) is 35.3 Å². The van der Waals surface area contributed by atoms with Gasteiger partial charge in [0.05, 0.1) is 23.3 Å². The number of benzene rings is 1. The third kappa shape index (κ3) is 2.34. The molecule has 1 aromatic carbocycles. The van der Waals surface area contributed by atoms with E-state index in [4.69, 9.17) is 0 Å². The Kier molecular flexibility index (Phi) is 3.52. The monoisotopic (exact) mass is 398 g/mol. The van der Waals surface area contributed by atoms with Crippen LogP contribution in [-0.4, -0.2) is 44.0 Å². The summed E-state index contributed by atoms with van der Waals surface area (Å²) in [5.74, 6) is 0.488. The number of rotatable bonds is 3. The summed E-state index contributed by atoms with van der Waals surface area (Å²) in [6, 6.07) is 4.88.